The molecule has 2 aromatic rings. The lowest BCUT2D eigenvalue weighted by Gasteiger charge is -2.23. The first kappa shape index (κ1) is 23.2. The molecule has 30 heavy (non-hydrogen) atoms. The normalized spacial score (nSPS) is 11.8. The van der Waals surface area contributed by atoms with Crippen LogP contribution in [0.3, 0.4) is 0 Å². The van der Waals surface area contributed by atoms with E-state index in [2.05, 4.69) is 0 Å². The highest BCUT2D eigenvalue weighted by Gasteiger charge is 2.32. The van der Waals surface area contributed by atoms with Crippen LogP contribution in [0, 0.1) is 0 Å². The Labute approximate surface area is 168 Å². The Morgan fingerprint density at radius 3 is 2.03 bits per heavy atom. The third-order valence-corrected chi connectivity index (χ3v) is 3.99. The maximum atomic E-state index is 13.0. The van der Waals surface area contributed by atoms with E-state index in [-0.39, 0.29) is 17.9 Å². The third kappa shape index (κ3) is 6.23. The monoisotopic (exact) mass is 433 g/mol. The van der Waals surface area contributed by atoms with Gasteiger partial charge in [0.2, 0.25) is 5.91 Å². The Kier molecular flexibility index (Phi) is 7.12. The van der Waals surface area contributed by atoms with Crippen LogP contribution in [0.25, 0.3) is 0 Å². The van der Waals surface area contributed by atoms with Crippen LogP contribution < -0.4 is 4.90 Å². The number of anilines is 1. The standard InChI is InChI=1S/C20H17F6NO3/c1-2-30-18(29)12-27(16-8-4-7-15(11-16)20(24,25)26)17(28)10-13-5-3-6-14(9-13)19(21,22)23/h3-9,11H,2,10,12H2,1H3. The van der Waals surface area contributed by atoms with E-state index >= 15 is 0 Å². The number of hydrogen-bond acceptors (Lipinski definition) is 3. The van der Waals surface area contributed by atoms with Crippen LogP contribution in [0.2, 0.25) is 0 Å². The largest absolute Gasteiger partial charge is 0.465 e. The number of benzene rings is 2. The molecule has 2 rings (SSSR count). The van der Waals surface area contributed by atoms with Crippen molar-refractivity contribution in [3.05, 3.63) is 65.2 Å². The first-order chi connectivity index (χ1) is 13.9. The minimum absolute atomic E-state index is 0.00402. The third-order valence-electron chi connectivity index (χ3n) is 3.99. The van der Waals surface area contributed by atoms with Gasteiger partial charge in [-0.25, -0.2) is 0 Å². The minimum atomic E-state index is -4.68. The van der Waals surface area contributed by atoms with Gasteiger partial charge >= 0.3 is 18.3 Å². The summed E-state index contributed by atoms with van der Waals surface area (Å²) in [4.78, 5) is 25.4. The summed E-state index contributed by atoms with van der Waals surface area (Å²) in [7, 11) is 0. The van der Waals surface area contributed by atoms with E-state index in [1.54, 1.807) is 0 Å². The molecular formula is C20H17F6NO3. The van der Waals surface area contributed by atoms with Gasteiger partial charge in [0.25, 0.3) is 0 Å². The predicted octanol–water partition coefficient (Wildman–Crippen LogP) is 4.86. The minimum Gasteiger partial charge on any atom is -0.465 e. The van der Waals surface area contributed by atoms with Gasteiger partial charge < -0.3 is 9.64 Å². The molecular weight excluding hydrogens is 416 g/mol. The van der Waals surface area contributed by atoms with Crippen LogP contribution in [-0.4, -0.2) is 25.0 Å². The van der Waals surface area contributed by atoms with Crippen molar-refractivity contribution in [1.82, 2.24) is 0 Å². The number of carbonyl (C=O) groups excluding carboxylic acids is 2. The fourth-order valence-electron chi connectivity index (χ4n) is 2.64. The Morgan fingerprint density at radius 1 is 0.900 bits per heavy atom. The number of amides is 1. The molecule has 0 heterocycles. The summed E-state index contributed by atoms with van der Waals surface area (Å²) >= 11 is 0. The molecule has 0 saturated heterocycles. The number of esters is 1. The van der Waals surface area contributed by atoms with Crippen LogP contribution in [0.15, 0.2) is 48.5 Å². The zero-order chi connectivity index (χ0) is 22.5. The molecule has 0 aliphatic heterocycles. The van der Waals surface area contributed by atoms with Crippen molar-refractivity contribution in [3.8, 4) is 0 Å². The summed E-state index contributed by atoms with van der Waals surface area (Å²) in [5.74, 6) is -1.73. The van der Waals surface area contributed by atoms with E-state index in [9.17, 15) is 35.9 Å². The second-order valence-corrected chi connectivity index (χ2v) is 6.21. The van der Waals surface area contributed by atoms with E-state index in [0.29, 0.717) is 6.07 Å². The number of halogens is 6. The summed E-state index contributed by atoms with van der Waals surface area (Å²) in [6.07, 6.45) is -9.86. The van der Waals surface area contributed by atoms with Crippen LogP contribution in [0.4, 0.5) is 32.0 Å². The summed E-state index contributed by atoms with van der Waals surface area (Å²) in [5.41, 5.74) is -2.24. The maximum Gasteiger partial charge on any atom is 0.416 e. The molecule has 0 aliphatic rings. The highest BCUT2D eigenvalue weighted by Crippen LogP contribution is 2.32. The number of nitrogens with zero attached hydrogens (tertiary/aromatic N) is 1. The Morgan fingerprint density at radius 2 is 1.47 bits per heavy atom. The summed E-state index contributed by atoms with van der Waals surface area (Å²) < 4.78 is 82.4. The van der Waals surface area contributed by atoms with Gasteiger partial charge in [0.1, 0.15) is 6.54 Å². The molecule has 0 saturated carbocycles. The van der Waals surface area contributed by atoms with Gasteiger partial charge in [-0.3, -0.25) is 9.59 Å². The molecule has 0 radical (unpaired) electrons. The fourth-order valence-corrected chi connectivity index (χ4v) is 2.64. The van der Waals surface area contributed by atoms with Crippen molar-refractivity contribution in [3.63, 3.8) is 0 Å². The average Bonchev–Trinajstić information content (AvgIpc) is 2.65. The van der Waals surface area contributed by atoms with Crippen LogP contribution in [-0.2, 0) is 33.1 Å². The van der Waals surface area contributed by atoms with Gasteiger partial charge in [-0.2, -0.15) is 26.3 Å². The summed E-state index contributed by atoms with van der Waals surface area (Å²) in [6.45, 7) is 0.807. The molecule has 2 aromatic carbocycles. The number of alkyl halides is 6. The average molecular weight is 433 g/mol. The molecule has 0 N–H and O–H groups in total. The lowest BCUT2D eigenvalue weighted by molar-refractivity contribution is -0.142. The molecule has 0 aliphatic carbocycles. The molecule has 0 spiro atoms. The highest BCUT2D eigenvalue weighted by atomic mass is 19.4. The molecule has 162 valence electrons. The van der Waals surface area contributed by atoms with Gasteiger partial charge in [0.05, 0.1) is 24.2 Å². The second kappa shape index (κ2) is 9.19. The van der Waals surface area contributed by atoms with Crippen molar-refractivity contribution in [1.29, 1.82) is 0 Å². The molecule has 0 unspecified atom stereocenters. The Hall–Kier alpha value is -3.04. The van der Waals surface area contributed by atoms with Crippen molar-refractivity contribution >= 4 is 17.6 Å². The van der Waals surface area contributed by atoms with Gasteiger partial charge in [0, 0.05) is 5.69 Å². The molecule has 0 fully saturated rings. The van der Waals surface area contributed by atoms with E-state index in [1.807, 2.05) is 0 Å². The second-order valence-electron chi connectivity index (χ2n) is 6.21. The summed E-state index contributed by atoms with van der Waals surface area (Å²) in [6, 6.07) is 7.73. The van der Waals surface area contributed by atoms with Gasteiger partial charge in [-0.05, 0) is 36.8 Å². The zero-order valence-corrected chi connectivity index (χ0v) is 15.7. The molecule has 4 nitrogen and oxygen atoms in total. The van der Waals surface area contributed by atoms with E-state index < -0.39 is 48.3 Å². The van der Waals surface area contributed by atoms with Gasteiger partial charge in [-0.1, -0.05) is 24.3 Å². The first-order valence-electron chi connectivity index (χ1n) is 8.71. The lowest BCUT2D eigenvalue weighted by Crippen LogP contribution is -2.37. The maximum absolute atomic E-state index is 13.0. The molecule has 1 amide bonds. The van der Waals surface area contributed by atoms with E-state index in [1.165, 1.54) is 19.1 Å². The fraction of sp³-hybridized carbons (Fsp3) is 0.300. The number of carbonyl (C=O) groups is 2. The zero-order valence-electron chi connectivity index (χ0n) is 15.7. The highest BCUT2D eigenvalue weighted by molar-refractivity contribution is 5.98. The van der Waals surface area contributed by atoms with Crippen molar-refractivity contribution in [2.75, 3.05) is 18.1 Å². The Bertz CT molecular complexity index is 908. The molecule has 0 atom stereocenters. The molecule has 0 aromatic heterocycles. The molecule has 0 bridgehead atoms. The SMILES string of the molecule is CCOC(=O)CN(C(=O)Cc1cccc(C(F)(F)F)c1)c1cccc(C(F)(F)F)c1. The van der Waals surface area contributed by atoms with Gasteiger partial charge in [0.15, 0.2) is 0 Å². The topological polar surface area (TPSA) is 46.6 Å². The Balaban J connectivity index is 2.36. The number of hydrogen-bond donors (Lipinski definition) is 0. The van der Waals surface area contributed by atoms with Crippen molar-refractivity contribution < 1.29 is 40.7 Å². The van der Waals surface area contributed by atoms with Crippen molar-refractivity contribution in [2.45, 2.75) is 25.7 Å². The number of ether oxygens (including phenoxy) is 1. The van der Waals surface area contributed by atoms with Crippen molar-refractivity contribution in [2.24, 2.45) is 0 Å². The smallest absolute Gasteiger partial charge is 0.416 e. The van der Waals surface area contributed by atoms with Crippen LogP contribution >= 0.6 is 0 Å². The number of rotatable bonds is 6. The summed E-state index contributed by atoms with van der Waals surface area (Å²) in [5, 5.41) is 0. The van der Waals surface area contributed by atoms with Crippen LogP contribution in [0.5, 0.6) is 0 Å². The van der Waals surface area contributed by atoms with E-state index in [0.717, 1.165) is 35.2 Å². The molecule has 10 heteroatoms. The predicted molar refractivity (Wildman–Crippen MR) is 95.6 cm³/mol. The van der Waals surface area contributed by atoms with E-state index in [4.69, 9.17) is 4.74 Å². The van der Waals surface area contributed by atoms with Gasteiger partial charge in [-0.15, -0.1) is 0 Å². The first-order valence-corrected chi connectivity index (χ1v) is 8.71. The lowest BCUT2D eigenvalue weighted by atomic mass is 10.1. The van der Waals surface area contributed by atoms with Crippen LogP contribution in [0.1, 0.15) is 23.6 Å². The quantitative estimate of drug-likeness (QED) is 0.483.